The lowest BCUT2D eigenvalue weighted by Crippen LogP contribution is -2.06. The Morgan fingerprint density at radius 1 is 1.19 bits per heavy atom. The molecular formula is C20H19N3O2S. The van der Waals surface area contributed by atoms with Crippen LogP contribution in [0, 0.1) is 0 Å². The Labute approximate surface area is 157 Å². The average molecular weight is 365 g/mol. The molecular weight excluding hydrogens is 346 g/mol. The normalized spacial score (nSPS) is 10.7. The third-order valence-electron chi connectivity index (χ3n) is 4.07. The van der Waals surface area contributed by atoms with E-state index in [1.54, 1.807) is 12.1 Å². The Morgan fingerprint density at radius 2 is 1.92 bits per heavy atom. The second kappa shape index (κ2) is 8.01. The van der Waals surface area contributed by atoms with Gasteiger partial charge in [0.05, 0.1) is 5.56 Å². The standard InChI is InChI=1S/C20H19N3O2S/c1-2-3-12-23-18(21-20(26)22-23)13-14-8-10-15(11-9-14)16-6-4-5-7-17(16)19(24)25/h2,4-11H,1,3,12-13H2,(H,22,26)(H,24,25). The Morgan fingerprint density at radius 3 is 2.62 bits per heavy atom. The fraction of sp³-hybridized carbons (Fsp3) is 0.150. The van der Waals surface area contributed by atoms with Gasteiger partial charge in [-0.25, -0.2) is 14.5 Å². The Balaban J connectivity index is 1.83. The zero-order chi connectivity index (χ0) is 18.5. The van der Waals surface area contributed by atoms with Crippen LogP contribution < -0.4 is 0 Å². The highest BCUT2D eigenvalue weighted by molar-refractivity contribution is 7.80. The molecule has 1 heterocycles. The van der Waals surface area contributed by atoms with Gasteiger partial charge in [-0.05, 0) is 29.2 Å². The number of hydrogen-bond donors (Lipinski definition) is 2. The summed E-state index contributed by atoms with van der Waals surface area (Å²) in [6, 6.07) is 14.8. The number of carboxylic acids is 1. The van der Waals surface area contributed by atoms with Crippen molar-refractivity contribution in [1.82, 2.24) is 14.8 Å². The van der Waals surface area contributed by atoms with Crippen LogP contribution in [0.15, 0.2) is 66.3 Å². The molecule has 0 aliphatic carbocycles. The first-order chi connectivity index (χ1) is 12.6. The molecule has 0 aliphatic rings. The van der Waals surface area contributed by atoms with E-state index >= 15 is 0 Å². The number of carboxylic acid groups (broad SMARTS) is 1. The van der Waals surface area contributed by atoms with Gasteiger partial charge in [-0.2, -0.15) is 0 Å². The van der Waals surface area contributed by atoms with E-state index in [1.807, 2.05) is 47.2 Å². The van der Waals surface area contributed by atoms with Crippen molar-refractivity contribution in [2.45, 2.75) is 24.5 Å². The van der Waals surface area contributed by atoms with Crippen LogP contribution in [0.1, 0.15) is 28.2 Å². The van der Waals surface area contributed by atoms with E-state index in [9.17, 15) is 9.90 Å². The summed E-state index contributed by atoms with van der Waals surface area (Å²) in [5.41, 5.74) is 2.94. The first kappa shape index (κ1) is 17.9. The lowest BCUT2D eigenvalue weighted by atomic mass is 9.98. The predicted molar refractivity (Wildman–Crippen MR) is 104 cm³/mol. The van der Waals surface area contributed by atoms with Gasteiger partial charge < -0.3 is 5.11 Å². The van der Waals surface area contributed by atoms with E-state index in [2.05, 4.69) is 29.3 Å². The molecule has 5 nitrogen and oxygen atoms in total. The summed E-state index contributed by atoms with van der Waals surface area (Å²) in [4.78, 5) is 15.8. The van der Waals surface area contributed by atoms with E-state index in [0.29, 0.717) is 22.7 Å². The van der Waals surface area contributed by atoms with Crippen molar-refractivity contribution in [3.05, 3.63) is 78.1 Å². The van der Waals surface area contributed by atoms with Crippen LogP contribution in [0.2, 0.25) is 0 Å². The van der Waals surface area contributed by atoms with Crippen molar-refractivity contribution in [2.24, 2.45) is 0 Å². The fourth-order valence-electron chi connectivity index (χ4n) is 2.79. The maximum Gasteiger partial charge on any atom is 0.336 e. The molecule has 0 amide bonds. The Hall–Kier alpha value is -2.86. The number of hydrogen-bond acceptors (Lipinski definition) is 4. The molecule has 0 fully saturated rings. The Bertz CT molecular complexity index is 932. The number of carbonyl (C=O) groups is 1. The van der Waals surface area contributed by atoms with Gasteiger partial charge in [0.2, 0.25) is 5.16 Å². The lowest BCUT2D eigenvalue weighted by Gasteiger charge is -2.08. The van der Waals surface area contributed by atoms with Crippen molar-refractivity contribution >= 4 is 18.6 Å². The van der Waals surface area contributed by atoms with Crippen molar-refractivity contribution in [3.63, 3.8) is 0 Å². The van der Waals surface area contributed by atoms with E-state index in [-0.39, 0.29) is 0 Å². The highest BCUT2D eigenvalue weighted by atomic mass is 32.1. The number of allylic oxidation sites excluding steroid dienone is 1. The Kier molecular flexibility index (Phi) is 5.53. The molecule has 2 aromatic carbocycles. The van der Waals surface area contributed by atoms with Crippen molar-refractivity contribution in [3.8, 4) is 11.1 Å². The van der Waals surface area contributed by atoms with Crippen LogP contribution in [0.5, 0.6) is 0 Å². The zero-order valence-corrected chi connectivity index (χ0v) is 15.1. The van der Waals surface area contributed by atoms with Crippen LogP contribution in [0.25, 0.3) is 11.1 Å². The summed E-state index contributed by atoms with van der Waals surface area (Å²) < 4.78 is 1.84. The van der Waals surface area contributed by atoms with Crippen LogP contribution >= 0.6 is 12.6 Å². The molecule has 3 rings (SSSR count). The number of rotatable bonds is 7. The number of thiol groups is 1. The summed E-state index contributed by atoms with van der Waals surface area (Å²) in [5.74, 6) is -0.0863. The monoisotopic (exact) mass is 365 g/mol. The second-order valence-corrected chi connectivity index (χ2v) is 6.25. The summed E-state index contributed by atoms with van der Waals surface area (Å²) in [7, 11) is 0. The molecule has 0 aliphatic heterocycles. The second-order valence-electron chi connectivity index (χ2n) is 5.85. The van der Waals surface area contributed by atoms with Crippen LogP contribution in [0.3, 0.4) is 0 Å². The molecule has 132 valence electrons. The van der Waals surface area contributed by atoms with Gasteiger partial charge in [0, 0.05) is 13.0 Å². The number of aromatic nitrogens is 3. The van der Waals surface area contributed by atoms with E-state index in [4.69, 9.17) is 0 Å². The number of nitrogens with zero attached hydrogens (tertiary/aromatic N) is 3. The first-order valence-corrected chi connectivity index (χ1v) is 8.68. The predicted octanol–water partition coefficient (Wildman–Crippen LogP) is 4.10. The molecule has 0 spiro atoms. The number of aromatic carboxylic acids is 1. The van der Waals surface area contributed by atoms with Gasteiger partial charge in [0.25, 0.3) is 0 Å². The molecule has 0 radical (unpaired) electrons. The third kappa shape index (κ3) is 4.03. The van der Waals surface area contributed by atoms with Gasteiger partial charge in [-0.3, -0.25) is 0 Å². The van der Waals surface area contributed by atoms with E-state index < -0.39 is 5.97 Å². The van der Waals surface area contributed by atoms with Crippen LogP contribution in [-0.4, -0.2) is 25.8 Å². The maximum atomic E-state index is 11.4. The molecule has 0 saturated heterocycles. The topological polar surface area (TPSA) is 68.0 Å². The molecule has 0 unspecified atom stereocenters. The van der Waals surface area contributed by atoms with Crippen molar-refractivity contribution < 1.29 is 9.90 Å². The molecule has 0 atom stereocenters. The average Bonchev–Trinajstić information content (AvgIpc) is 2.99. The van der Waals surface area contributed by atoms with E-state index in [0.717, 1.165) is 29.9 Å². The highest BCUT2D eigenvalue weighted by Gasteiger charge is 2.12. The summed E-state index contributed by atoms with van der Waals surface area (Å²) in [5, 5.41) is 14.1. The minimum atomic E-state index is -0.929. The molecule has 1 N–H and O–H groups in total. The molecule has 26 heavy (non-hydrogen) atoms. The van der Waals surface area contributed by atoms with Gasteiger partial charge in [-0.15, -0.1) is 24.3 Å². The largest absolute Gasteiger partial charge is 0.478 e. The summed E-state index contributed by atoms with van der Waals surface area (Å²) in [6.45, 7) is 4.45. The minimum Gasteiger partial charge on any atom is -0.478 e. The summed E-state index contributed by atoms with van der Waals surface area (Å²) >= 11 is 4.23. The van der Waals surface area contributed by atoms with Crippen LogP contribution in [0.4, 0.5) is 0 Å². The number of benzene rings is 2. The summed E-state index contributed by atoms with van der Waals surface area (Å²) in [6.07, 6.45) is 3.29. The molecule has 1 aromatic heterocycles. The third-order valence-corrected chi connectivity index (χ3v) is 4.26. The quantitative estimate of drug-likeness (QED) is 0.489. The van der Waals surface area contributed by atoms with Crippen LogP contribution in [-0.2, 0) is 13.0 Å². The highest BCUT2D eigenvalue weighted by Crippen LogP contribution is 2.24. The smallest absolute Gasteiger partial charge is 0.336 e. The lowest BCUT2D eigenvalue weighted by molar-refractivity contribution is 0.0697. The minimum absolute atomic E-state index is 0.295. The molecule has 3 aromatic rings. The van der Waals surface area contributed by atoms with Gasteiger partial charge in [0.15, 0.2) is 0 Å². The zero-order valence-electron chi connectivity index (χ0n) is 14.2. The first-order valence-electron chi connectivity index (χ1n) is 8.23. The molecule has 0 saturated carbocycles. The molecule has 0 bridgehead atoms. The number of aryl methyl sites for hydroxylation is 1. The molecule has 6 heteroatoms. The fourth-order valence-corrected chi connectivity index (χ4v) is 3.01. The SMILES string of the molecule is C=CCCn1nc(S)nc1Cc1ccc(-c2ccccc2C(=O)O)cc1. The van der Waals surface area contributed by atoms with Gasteiger partial charge in [0.1, 0.15) is 5.82 Å². The van der Waals surface area contributed by atoms with Gasteiger partial charge in [-0.1, -0.05) is 48.5 Å². The van der Waals surface area contributed by atoms with Crippen molar-refractivity contribution in [2.75, 3.05) is 0 Å². The maximum absolute atomic E-state index is 11.4. The van der Waals surface area contributed by atoms with Gasteiger partial charge >= 0.3 is 5.97 Å². The van der Waals surface area contributed by atoms with E-state index in [1.165, 1.54) is 0 Å². The van der Waals surface area contributed by atoms with Crippen molar-refractivity contribution in [1.29, 1.82) is 0 Å².